The summed E-state index contributed by atoms with van der Waals surface area (Å²) in [4.78, 5) is 19.1. The first-order valence-electron chi connectivity index (χ1n) is 8.59. The van der Waals surface area contributed by atoms with Gasteiger partial charge < -0.3 is 13.9 Å². The molecule has 0 N–H and O–H groups in total. The van der Waals surface area contributed by atoms with E-state index in [1.165, 1.54) is 0 Å². The molecule has 4 rings (SSSR count). The fourth-order valence-corrected chi connectivity index (χ4v) is 3.26. The first kappa shape index (κ1) is 15.8. The van der Waals surface area contributed by atoms with Gasteiger partial charge in [-0.2, -0.15) is 4.98 Å². The fraction of sp³-hybridized carbons (Fsp3) is 0.444. The monoisotopic (exact) mass is 340 g/mol. The van der Waals surface area contributed by atoms with Crippen molar-refractivity contribution in [3.05, 3.63) is 41.7 Å². The van der Waals surface area contributed by atoms with Crippen molar-refractivity contribution in [2.75, 3.05) is 6.54 Å². The molecule has 0 radical (unpaired) electrons. The Morgan fingerprint density at radius 3 is 2.92 bits per heavy atom. The zero-order valence-electron chi connectivity index (χ0n) is 14.3. The predicted octanol–water partition coefficient (Wildman–Crippen LogP) is 3.24. The highest BCUT2D eigenvalue weighted by Gasteiger charge is 2.34. The molecule has 3 aromatic rings. The number of fused-ring (bicyclic) bond motifs is 1. The van der Waals surface area contributed by atoms with Gasteiger partial charge in [0.15, 0.2) is 11.4 Å². The van der Waals surface area contributed by atoms with Crippen molar-refractivity contribution in [1.29, 1.82) is 0 Å². The molecule has 25 heavy (non-hydrogen) atoms. The number of nitrogens with zero attached hydrogens (tertiary/aromatic N) is 4. The maximum Gasteiger partial charge on any atom is 0.229 e. The van der Waals surface area contributed by atoms with E-state index in [0.29, 0.717) is 29.5 Å². The third-order valence-corrected chi connectivity index (χ3v) is 4.59. The highest BCUT2D eigenvalue weighted by Crippen LogP contribution is 2.31. The summed E-state index contributed by atoms with van der Waals surface area (Å²) in [5, 5.41) is 9.03. The number of amides is 1. The van der Waals surface area contributed by atoms with Crippen LogP contribution in [0.1, 0.15) is 56.1 Å². The molecule has 2 aromatic heterocycles. The zero-order chi connectivity index (χ0) is 17.4. The summed E-state index contributed by atoms with van der Waals surface area (Å²) >= 11 is 0. The molecule has 0 bridgehead atoms. The molecule has 0 aliphatic carbocycles. The first-order valence-corrected chi connectivity index (χ1v) is 8.59. The molecule has 1 aromatic carbocycles. The number of aromatic nitrogens is 3. The minimum Gasteiger partial charge on any atom is -0.356 e. The lowest BCUT2D eigenvalue weighted by atomic mass is 10.1. The molecule has 3 heterocycles. The van der Waals surface area contributed by atoms with Gasteiger partial charge >= 0.3 is 0 Å². The Kier molecular flexibility index (Phi) is 3.99. The average Bonchev–Trinajstić information content (AvgIpc) is 3.34. The number of carbonyl (C=O) groups is 1. The van der Waals surface area contributed by atoms with Crippen LogP contribution in [-0.4, -0.2) is 32.6 Å². The van der Waals surface area contributed by atoms with E-state index in [0.717, 1.165) is 18.2 Å². The van der Waals surface area contributed by atoms with Crippen LogP contribution >= 0.6 is 0 Å². The largest absolute Gasteiger partial charge is 0.356 e. The van der Waals surface area contributed by atoms with E-state index in [1.54, 1.807) is 0 Å². The van der Waals surface area contributed by atoms with Crippen molar-refractivity contribution >= 4 is 16.9 Å². The Bertz CT molecular complexity index is 899. The molecule has 1 atom stereocenters. The van der Waals surface area contributed by atoms with E-state index in [-0.39, 0.29) is 24.3 Å². The van der Waals surface area contributed by atoms with Crippen molar-refractivity contribution in [2.45, 2.75) is 45.1 Å². The lowest BCUT2D eigenvalue weighted by molar-refractivity contribution is -0.131. The number of benzene rings is 1. The molecule has 7 nitrogen and oxygen atoms in total. The molecule has 1 saturated heterocycles. The number of para-hydroxylation sites is 1. The summed E-state index contributed by atoms with van der Waals surface area (Å²) in [6.07, 6.45) is 1.99. The van der Waals surface area contributed by atoms with Crippen LogP contribution in [-0.2, 0) is 11.2 Å². The average molecular weight is 340 g/mol. The van der Waals surface area contributed by atoms with Crippen molar-refractivity contribution < 1.29 is 13.8 Å². The third-order valence-electron chi connectivity index (χ3n) is 4.59. The molecule has 1 fully saturated rings. The number of rotatable bonds is 4. The molecule has 1 aliphatic rings. The molecule has 0 spiro atoms. The van der Waals surface area contributed by atoms with Gasteiger partial charge in [0.1, 0.15) is 5.69 Å². The summed E-state index contributed by atoms with van der Waals surface area (Å²) < 4.78 is 10.6. The van der Waals surface area contributed by atoms with Crippen molar-refractivity contribution in [3.63, 3.8) is 0 Å². The van der Waals surface area contributed by atoms with Gasteiger partial charge in [-0.3, -0.25) is 4.79 Å². The lowest BCUT2D eigenvalue weighted by Gasteiger charge is -2.21. The lowest BCUT2D eigenvalue weighted by Crippen LogP contribution is -2.32. The van der Waals surface area contributed by atoms with Gasteiger partial charge in [0.25, 0.3) is 0 Å². The van der Waals surface area contributed by atoms with Gasteiger partial charge in [-0.05, 0) is 25.0 Å². The molecule has 0 unspecified atom stereocenters. The van der Waals surface area contributed by atoms with Gasteiger partial charge in [-0.1, -0.05) is 36.3 Å². The van der Waals surface area contributed by atoms with Crippen LogP contribution in [0.3, 0.4) is 0 Å². The Balaban J connectivity index is 1.54. The van der Waals surface area contributed by atoms with E-state index in [1.807, 2.05) is 43.0 Å². The highest BCUT2D eigenvalue weighted by molar-refractivity contribution is 5.86. The van der Waals surface area contributed by atoms with Crippen molar-refractivity contribution in [2.24, 2.45) is 0 Å². The van der Waals surface area contributed by atoms with Crippen LogP contribution in [0.25, 0.3) is 11.0 Å². The Morgan fingerprint density at radius 1 is 1.28 bits per heavy atom. The minimum atomic E-state index is -0.123. The summed E-state index contributed by atoms with van der Waals surface area (Å²) in [5.41, 5.74) is 1.37. The standard InChI is InChI=1S/C18H20N4O3/c1-11(2)18-19-17(21-25-18)14-7-5-9-22(14)16(23)10-13-12-6-3-4-8-15(12)24-20-13/h3-4,6,8,11,14H,5,7,9-10H2,1-2H3/t14-/m1/s1. The van der Waals surface area contributed by atoms with Crippen molar-refractivity contribution in [3.8, 4) is 0 Å². The number of hydrogen-bond acceptors (Lipinski definition) is 6. The summed E-state index contributed by atoms with van der Waals surface area (Å²) in [5.74, 6) is 1.39. The summed E-state index contributed by atoms with van der Waals surface area (Å²) in [6, 6.07) is 7.45. The highest BCUT2D eigenvalue weighted by atomic mass is 16.5. The first-order chi connectivity index (χ1) is 12.1. The molecular formula is C18H20N4O3. The fourth-order valence-electron chi connectivity index (χ4n) is 3.26. The smallest absolute Gasteiger partial charge is 0.229 e. The van der Waals surface area contributed by atoms with E-state index in [4.69, 9.17) is 9.05 Å². The van der Waals surface area contributed by atoms with E-state index in [2.05, 4.69) is 15.3 Å². The predicted molar refractivity (Wildman–Crippen MR) is 89.8 cm³/mol. The molecule has 7 heteroatoms. The molecule has 1 amide bonds. The van der Waals surface area contributed by atoms with Crippen LogP contribution in [0, 0.1) is 0 Å². The van der Waals surface area contributed by atoms with Gasteiger partial charge in [-0.25, -0.2) is 0 Å². The quantitative estimate of drug-likeness (QED) is 0.725. The molecule has 1 aliphatic heterocycles. The van der Waals surface area contributed by atoms with Crippen LogP contribution < -0.4 is 0 Å². The van der Waals surface area contributed by atoms with Crippen molar-refractivity contribution in [1.82, 2.24) is 20.2 Å². The summed E-state index contributed by atoms with van der Waals surface area (Å²) in [7, 11) is 0. The second-order valence-electron chi connectivity index (χ2n) is 6.69. The maximum atomic E-state index is 12.8. The van der Waals surface area contributed by atoms with Crippen LogP contribution in [0.15, 0.2) is 33.3 Å². The number of carbonyl (C=O) groups excluding carboxylic acids is 1. The second-order valence-corrected chi connectivity index (χ2v) is 6.69. The number of likely N-dealkylation sites (tertiary alicyclic amines) is 1. The maximum absolute atomic E-state index is 12.8. The van der Waals surface area contributed by atoms with Crippen LogP contribution in [0.4, 0.5) is 0 Å². The normalized spacial score (nSPS) is 17.7. The summed E-state index contributed by atoms with van der Waals surface area (Å²) in [6.45, 7) is 4.71. The second kappa shape index (κ2) is 6.31. The Hall–Kier alpha value is -2.70. The van der Waals surface area contributed by atoms with Gasteiger partial charge in [0.05, 0.1) is 12.5 Å². The SMILES string of the molecule is CC(C)c1nc([C@H]2CCCN2C(=O)Cc2noc3ccccc23)no1. The molecular weight excluding hydrogens is 320 g/mol. The third kappa shape index (κ3) is 2.90. The number of hydrogen-bond donors (Lipinski definition) is 0. The van der Waals surface area contributed by atoms with Gasteiger partial charge in [0.2, 0.25) is 11.8 Å². The van der Waals surface area contributed by atoms with E-state index in [9.17, 15) is 4.79 Å². The van der Waals surface area contributed by atoms with Gasteiger partial charge in [-0.15, -0.1) is 0 Å². The minimum absolute atomic E-state index is 0.0115. The topological polar surface area (TPSA) is 85.3 Å². The Morgan fingerprint density at radius 2 is 2.12 bits per heavy atom. The molecule has 130 valence electrons. The van der Waals surface area contributed by atoms with Gasteiger partial charge in [0, 0.05) is 17.8 Å². The van der Waals surface area contributed by atoms with Crippen LogP contribution in [0.5, 0.6) is 0 Å². The molecule has 0 saturated carbocycles. The Labute approximate surface area is 145 Å². The van der Waals surface area contributed by atoms with E-state index >= 15 is 0 Å². The van der Waals surface area contributed by atoms with E-state index < -0.39 is 0 Å². The van der Waals surface area contributed by atoms with Crippen LogP contribution in [0.2, 0.25) is 0 Å². The zero-order valence-corrected chi connectivity index (χ0v) is 14.3.